The minimum atomic E-state index is -1.11. The summed E-state index contributed by atoms with van der Waals surface area (Å²) in [4.78, 5) is 24.8. The molecule has 0 aromatic heterocycles. The zero-order valence-electron chi connectivity index (χ0n) is 15.2. The van der Waals surface area contributed by atoms with Gasteiger partial charge >= 0.3 is 12.1 Å². The van der Waals surface area contributed by atoms with Gasteiger partial charge in [0.05, 0.1) is 12.6 Å². The highest BCUT2D eigenvalue weighted by atomic mass is 79.9. The average molecular weight is 452 g/mol. The second kappa shape index (κ2) is 8.60. The van der Waals surface area contributed by atoms with Crippen molar-refractivity contribution in [2.75, 3.05) is 19.8 Å². The van der Waals surface area contributed by atoms with Crippen LogP contribution < -0.4 is 4.74 Å². The molecule has 1 heterocycles. The highest BCUT2D eigenvalue weighted by Crippen LogP contribution is 2.41. The lowest BCUT2D eigenvalue weighted by molar-refractivity contribution is -0.145. The van der Waals surface area contributed by atoms with Crippen LogP contribution in [0.1, 0.15) is 29.7 Å². The van der Waals surface area contributed by atoms with Crippen LogP contribution in [-0.4, -0.2) is 41.8 Å². The summed E-state index contributed by atoms with van der Waals surface area (Å²) in [7, 11) is 0. The Morgan fingerprint density at radius 1 is 1.29 bits per heavy atom. The lowest BCUT2D eigenvalue weighted by atomic mass is 9.88. The molecule has 0 aliphatic carbocycles. The number of nitrogens with zero attached hydrogens (tertiary/aromatic N) is 1. The first-order valence-electron chi connectivity index (χ1n) is 8.77. The Labute approximate surface area is 170 Å². The summed E-state index contributed by atoms with van der Waals surface area (Å²) in [6.45, 7) is 1.80. The number of ether oxygens (including phenoxy) is 2. The first-order chi connectivity index (χ1) is 13.4. The fraction of sp³-hybridized carbons (Fsp3) is 0.300. The Hall–Kier alpha value is -2.61. The molecule has 0 saturated heterocycles. The van der Waals surface area contributed by atoms with Crippen molar-refractivity contribution in [3.05, 3.63) is 63.4 Å². The molecule has 8 heteroatoms. The fourth-order valence-corrected chi connectivity index (χ4v) is 3.95. The molecule has 1 amide bonds. The molecule has 3 rings (SSSR count). The van der Waals surface area contributed by atoms with Gasteiger partial charge in [-0.05, 0) is 48.7 Å². The minimum absolute atomic E-state index is 0.218. The van der Waals surface area contributed by atoms with E-state index in [1.165, 1.54) is 23.1 Å². The van der Waals surface area contributed by atoms with Gasteiger partial charge in [0, 0.05) is 16.6 Å². The van der Waals surface area contributed by atoms with E-state index < -0.39 is 23.9 Å². The van der Waals surface area contributed by atoms with Gasteiger partial charge in [0.25, 0.3) is 0 Å². The summed E-state index contributed by atoms with van der Waals surface area (Å²) in [5.41, 5.74) is 2.05. The predicted octanol–water partition coefficient (Wildman–Crippen LogP) is 4.16. The molecule has 1 atom stereocenters. The third-order valence-electron chi connectivity index (χ3n) is 4.53. The Kier molecular flexibility index (Phi) is 6.18. The van der Waals surface area contributed by atoms with Crippen LogP contribution in [0.4, 0.5) is 9.18 Å². The zero-order chi connectivity index (χ0) is 20.3. The molecule has 1 aliphatic heterocycles. The van der Waals surface area contributed by atoms with E-state index in [1.807, 2.05) is 12.1 Å². The average Bonchev–Trinajstić information content (AvgIpc) is 2.66. The van der Waals surface area contributed by atoms with Gasteiger partial charge < -0.3 is 14.6 Å². The van der Waals surface area contributed by atoms with Gasteiger partial charge in [-0.3, -0.25) is 4.90 Å². The van der Waals surface area contributed by atoms with E-state index in [4.69, 9.17) is 9.47 Å². The smallest absolute Gasteiger partial charge is 0.408 e. The normalized spacial score (nSPS) is 15.7. The second-order valence-corrected chi connectivity index (χ2v) is 7.07. The molecule has 1 aliphatic rings. The highest BCUT2D eigenvalue weighted by molar-refractivity contribution is 9.10. The van der Waals surface area contributed by atoms with Gasteiger partial charge in [-0.25, -0.2) is 14.0 Å². The molecule has 0 bridgehead atoms. The topological polar surface area (TPSA) is 76.1 Å². The predicted molar refractivity (Wildman–Crippen MR) is 103 cm³/mol. The number of benzene rings is 2. The molecule has 0 radical (unpaired) electrons. The molecule has 148 valence electrons. The van der Waals surface area contributed by atoms with E-state index in [2.05, 4.69) is 15.9 Å². The van der Waals surface area contributed by atoms with Crippen molar-refractivity contribution in [3.63, 3.8) is 0 Å². The molecule has 6 nitrogen and oxygen atoms in total. The van der Waals surface area contributed by atoms with Crippen molar-refractivity contribution in [3.8, 4) is 5.75 Å². The van der Waals surface area contributed by atoms with E-state index in [0.29, 0.717) is 12.0 Å². The van der Waals surface area contributed by atoms with Crippen LogP contribution >= 0.6 is 15.9 Å². The number of rotatable bonds is 5. The molecule has 0 saturated carbocycles. The van der Waals surface area contributed by atoms with Crippen LogP contribution in [0.2, 0.25) is 0 Å². The van der Waals surface area contributed by atoms with Gasteiger partial charge in [-0.2, -0.15) is 0 Å². The van der Waals surface area contributed by atoms with Crippen molar-refractivity contribution in [1.82, 2.24) is 4.90 Å². The fourth-order valence-electron chi connectivity index (χ4n) is 3.37. The van der Waals surface area contributed by atoms with E-state index in [0.717, 1.165) is 15.6 Å². The van der Waals surface area contributed by atoms with Gasteiger partial charge in [0.15, 0.2) is 6.61 Å². The maximum Gasteiger partial charge on any atom is 0.408 e. The lowest BCUT2D eigenvalue weighted by Gasteiger charge is -2.36. The van der Waals surface area contributed by atoms with Gasteiger partial charge in [0.1, 0.15) is 11.6 Å². The number of fused-ring (bicyclic) bond motifs is 1. The van der Waals surface area contributed by atoms with Crippen molar-refractivity contribution >= 4 is 28.0 Å². The molecule has 2 aromatic carbocycles. The van der Waals surface area contributed by atoms with Gasteiger partial charge in [-0.1, -0.05) is 28.1 Å². The van der Waals surface area contributed by atoms with Crippen LogP contribution in [0.15, 0.2) is 40.9 Å². The molecule has 28 heavy (non-hydrogen) atoms. The molecule has 0 spiro atoms. The van der Waals surface area contributed by atoms with Crippen LogP contribution in [0, 0.1) is 5.82 Å². The summed E-state index contributed by atoms with van der Waals surface area (Å²) < 4.78 is 25.4. The van der Waals surface area contributed by atoms with Crippen molar-refractivity contribution in [2.45, 2.75) is 19.4 Å². The monoisotopic (exact) mass is 451 g/mol. The second-order valence-electron chi connectivity index (χ2n) is 6.21. The molecule has 1 unspecified atom stereocenters. The Morgan fingerprint density at radius 3 is 2.79 bits per heavy atom. The van der Waals surface area contributed by atoms with E-state index in [9.17, 15) is 19.1 Å². The molecule has 1 N–H and O–H groups in total. The number of amides is 1. The Morgan fingerprint density at radius 2 is 2.07 bits per heavy atom. The first kappa shape index (κ1) is 20.1. The largest absolute Gasteiger partial charge is 0.482 e. The molecule has 2 aromatic rings. The molecule has 0 fully saturated rings. The maximum atomic E-state index is 14.1. The number of hydrogen-bond donors (Lipinski definition) is 1. The summed E-state index contributed by atoms with van der Waals surface area (Å²) in [5.74, 6) is -0.843. The van der Waals surface area contributed by atoms with Crippen molar-refractivity contribution in [1.29, 1.82) is 0 Å². The summed E-state index contributed by atoms with van der Waals surface area (Å²) >= 11 is 3.51. The third kappa shape index (κ3) is 4.11. The van der Waals surface area contributed by atoms with Gasteiger partial charge in [0.2, 0.25) is 0 Å². The number of halogens is 2. The number of esters is 1. The summed E-state index contributed by atoms with van der Waals surface area (Å²) in [6.07, 6.45) is -0.579. The van der Waals surface area contributed by atoms with Gasteiger partial charge in [-0.15, -0.1) is 0 Å². The number of hydrogen-bond acceptors (Lipinski definition) is 4. The standard InChI is InChI=1S/C20H19BrFNO5/c1-2-27-18(24)11-28-17-7-6-12(22)10-15(17)19-14-4-3-5-16(21)13(14)8-9-23(19)20(25)26/h3-7,10,19H,2,8-9,11H2,1H3,(H,25,26). The SMILES string of the molecule is CCOC(=O)COc1ccc(F)cc1C1c2cccc(Br)c2CCN1C(=O)O. The molecular weight excluding hydrogens is 433 g/mol. The van der Waals surface area contributed by atoms with Crippen LogP contribution in [0.25, 0.3) is 0 Å². The Bertz CT molecular complexity index is 904. The Balaban J connectivity index is 2.07. The number of carbonyl (C=O) groups is 2. The first-order valence-corrected chi connectivity index (χ1v) is 9.56. The maximum absolute atomic E-state index is 14.1. The third-order valence-corrected chi connectivity index (χ3v) is 5.27. The minimum Gasteiger partial charge on any atom is -0.482 e. The lowest BCUT2D eigenvalue weighted by Crippen LogP contribution is -2.40. The highest BCUT2D eigenvalue weighted by Gasteiger charge is 2.35. The van der Waals surface area contributed by atoms with Crippen LogP contribution in [-0.2, 0) is 16.0 Å². The van der Waals surface area contributed by atoms with E-state index in [-0.39, 0.29) is 25.5 Å². The summed E-state index contributed by atoms with van der Waals surface area (Å²) in [5, 5.41) is 9.72. The van der Waals surface area contributed by atoms with Crippen molar-refractivity contribution < 1.29 is 28.6 Å². The quantitative estimate of drug-likeness (QED) is 0.690. The zero-order valence-corrected chi connectivity index (χ0v) is 16.7. The van der Waals surface area contributed by atoms with E-state index in [1.54, 1.807) is 13.0 Å². The van der Waals surface area contributed by atoms with E-state index >= 15 is 0 Å². The van der Waals surface area contributed by atoms with Crippen molar-refractivity contribution in [2.24, 2.45) is 0 Å². The van der Waals surface area contributed by atoms with Crippen LogP contribution in [0.3, 0.4) is 0 Å². The van der Waals surface area contributed by atoms with Crippen LogP contribution in [0.5, 0.6) is 5.75 Å². The number of carbonyl (C=O) groups excluding carboxylic acids is 1. The number of carboxylic acid groups (broad SMARTS) is 1. The molecular formula is C20H19BrFNO5. The summed E-state index contributed by atoms with van der Waals surface area (Å²) in [6, 6.07) is 8.61.